The topological polar surface area (TPSA) is 83.7 Å². The standard InChI is InChI=1S/C17H27N3O3S/c1-3-4-15-5-7-16(8-6-15)24(22,23)20-11-9-19(10-12-20)17(21)14(2)13-18/h5-8,14H,3-4,9-13,18H2,1-2H3. The van der Waals surface area contributed by atoms with Crippen LogP contribution in [-0.4, -0.2) is 56.3 Å². The van der Waals surface area contributed by atoms with Gasteiger partial charge in [0.15, 0.2) is 0 Å². The van der Waals surface area contributed by atoms with E-state index in [0.29, 0.717) is 37.6 Å². The van der Waals surface area contributed by atoms with Gasteiger partial charge >= 0.3 is 0 Å². The van der Waals surface area contributed by atoms with E-state index in [1.54, 1.807) is 24.0 Å². The molecule has 0 radical (unpaired) electrons. The van der Waals surface area contributed by atoms with Crippen molar-refractivity contribution in [1.29, 1.82) is 0 Å². The van der Waals surface area contributed by atoms with Crippen molar-refractivity contribution in [2.24, 2.45) is 11.7 Å². The second-order valence-corrected chi connectivity index (χ2v) is 8.20. The lowest BCUT2D eigenvalue weighted by Crippen LogP contribution is -2.52. The smallest absolute Gasteiger partial charge is 0.243 e. The second kappa shape index (κ2) is 8.09. The lowest BCUT2D eigenvalue weighted by molar-refractivity contribution is -0.135. The first-order chi connectivity index (χ1) is 11.4. The van der Waals surface area contributed by atoms with Gasteiger partial charge in [0.1, 0.15) is 0 Å². The van der Waals surface area contributed by atoms with Gasteiger partial charge in [-0.15, -0.1) is 0 Å². The molecule has 1 atom stereocenters. The van der Waals surface area contributed by atoms with Crippen LogP contribution >= 0.6 is 0 Å². The lowest BCUT2D eigenvalue weighted by Gasteiger charge is -2.35. The van der Waals surface area contributed by atoms with Crippen molar-refractivity contribution in [3.63, 3.8) is 0 Å². The third-order valence-corrected chi connectivity index (χ3v) is 6.34. The molecule has 1 heterocycles. The Bertz CT molecular complexity index is 650. The first-order valence-electron chi connectivity index (χ1n) is 8.48. The van der Waals surface area contributed by atoms with Crippen molar-refractivity contribution in [2.75, 3.05) is 32.7 Å². The summed E-state index contributed by atoms with van der Waals surface area (Å²) in [4.78, 5) is 14.2. The summed E-state index contributed by atoms with van der Waals surface area (Å²) in [5.74, 6) is -0.224. The Hall–Kier alpha value is -1.44. The molecular formula is C17H27N3O3S. The maximum Gasteiger partial charge on any atom is 0.243 e. The van der Waals surface area contributed by atoms with E-state index >= 15 is 0 Å². The number of carbonyl (C=O) groups is 1. The number of rotatable bonds is 6. The van der Waals surface area contributed by atoms with E-state index < -0.39 is 10.0 Å². The SMILES string of the molecule is CCCc1ccc(S(=O)(=O)N2CCN(C(=O)C(C)CN)CC2)cc1. The summed E-state index contributed by atoms with van der Waals surface area (Å²) >= 11 is 0. The molecule has 134 valence electrons. The van der Waals surface area contributed by atoms with Gasteiger partial charge in [0.05, 0.1) is 4.90 Å². The monoisotopic (exact) mass is 353 g/mol. The molecule has 1 aromatic rings. The van der Waals surface area contributed by atoms with E-state index in [-0.39, 0.29) is 11.8 Å². The Morgan fingerprint density at radius 3 is 2.25 bits per heavy atom. The summed E-state index contributed by atoms with van der Waals surface area (Å²) in [7, 11) is -3.50. The summed E-state index contributed by atoms with van der Waals surface area (Å²) in [6, 6.07) is 7.10. The third-order valence-electron chi connectivity index (χ3n) is 4.43. The lowest BCUT2D eigenvalue weighted by atomic mass is 10.1. The van der Waals surface area contributed by atoms with Crippen molar-refractivity contribution in [3.8, 4) is 0 Å². The molecule has 0 saturated carbocycles. The van der Waals surface area contributed by atoms with Crippen LogP contribution in [0.1, 0.15) is 25.8 Å². The Balaban J connectivity index is 2.03. The van der Waals surface area contributed by atoms with E-state index in [2.05, 4.69) is 6.92 Å². The van der Waals surface area contributed by atoms with Crippen molar-refractivity contribution in [3.05, 3.63) is 29.8 Å². The summed E-state index contributed by atoms with van der Waals surface area (Å²) in [5, 5.41) is 0. The average molecular weight is 353 g/mol. The number of nitrogens with zero attached hydrogens (tertiary/aromatic N) is 2. The van der Waals surface area contributed by atoms with Crippen LogP contribution in [0.2, 0.25) is 0 Å². The maximum atomic E-state index is 12.7. The molecule has 24 heavy (non-hydrogen) atoms. The average Bonchev–Trinajstić information content (AvgIpc) is 2.61. The minimum absolute atomic E-state index is 0.00142. The predicted molar refractivity (Wildman–Crippen MR) is 94.0 cm³/mol. The van der Waals surface area contributed by atoms with Crippen LogP contribution in [-0.2, 0) is 21.2 Å². The van der Waals surface area contributed by atoms with Crippen LogP contribution in [0.4, 0.5) is 0 Å². The Labute approximate surface area is 144 Å². The van der Waals surface area contributed by atoms with Crippen molar-refractivity contribution in [2.45, 2.75) is 31.6 Å². The van der Waals surface area contributed by atoms with E-state index in [1.807, 2.05) is 12.1 Å². The van der Waals surface area contributed by atoms with Crippen LogP contribution in [0.25, 0.3) is 0 Å². The van der Waals surface area contributed by atoms with Gasteiger partial charge in [-0.05, 0) is 24.1 Å². The van der Waals surface area contributed by atoms with Crippen LogP contribution in [0, 0.1) is 5.92 Å². The molecule has 2 N–H and O–H groups in total. The van der Waals surface area contributed by atoms with Crippen LogP contribution in [0.5, 0.6) is 0 Å². The van der Waals surface area contributed by atoms with Crippen molar-refractivity contribution in [1.82, 2.24) is 9.21 Å². The van der Waals surface area contributed by atoms with Gasteiger partial charge < -0.3 is 10.6 Å². The van der Waals surface area contributed by atoms with Gasteiger partial charge in [-0.1, -0.05) is 32.4 Å². The van der Waals surface area contributed by atoms with Gasteiger partial charge in [0.2, 0.25) is 15.9 Å². The molecule has 2 rings (SSSR count). The molecule has 0 spiro atoms. The van der Waals surface area contributed by atoms with Gasteiger partial charge in [0, 0.05) is 38.6 Å². The first kappa shape index (κ1) is 18.9. The Kier molecular flexibility index (Phi) is 6.37. The molecule has 1 fully saturated rings. The fourth-order valence-corrected chi connectivity index (χ4v) is 4.25. The molecule has 1 unspecified atom stereocenters. The number of hydrogen-bond acceptors (Lipinski definition) is 4. The van der Waals surface area contributed by atoms with E-state index in [9.17, 15) is 13.2 Å². The van der Waals surface area contributed by atoms with E-state index in [4.69, 9.17) is 5.73 Å². The number of carbonyl (C=O) groups excluding carboxylic acids is 1. The molecule has 0 aliphatic carbocycles. The highest BCUT2D eigenvalue weighted by Crippen LogP contribution is 2.19. The first-order valence-corrected chi connectivity index (χ1v) is 9.92. The number of benzene rings is 1. The largest absolute Gasteiger partial charge is 0.340 e. The molecular weight excluding hydrogens is 326 g/mol. The number of hydrogen-bond donors (Lipinski definition) is 1. The second-order valence-electron chi connectivity index (χ2n) is 6.26. The minimum atomic E-state index is -3.50. The number of piperazine rings is 1. The van der Waals surface area contributed by atoms with E-state index in [1.165, 1.54) is 4.31 Å². The molecule has 6 nitrogen and oxygen atoms in total. The third kappa shape index (κ3) is 4.15. The Morgan fingerprint density at radius 1 is 1.17 bits per heavy atom. The predicted octanol–water partition coefficient (Wildman–Crippen LogP) is 1.07. The van der Waals surface area contributed by atoms with Gasteiger partial charge in [0.25, 0.3) is 0 Å². The summed E-state index contributed by atoms with van der Waals surface area (Å²) in [5.41, 5.74) is 6.67. The molecule has 1 aromatic carbocycles. The highest BCUT2D eigenvalue weighted by atomic mass is 32.2. The fraction of sp³-hybridized carbons (Fsp3) is 0.588. The quantitative estimate of drug-likeness (QED) is 0.829. The van der Waals surface area contributed by atoms with Gasteiger partial charge in [-0.2, -0.15) is 4.31 Å². The van der Waals surface area contributed by atoms with Crippen LogP contribution in [0.15, 0.2) is 29.2 Å². The summed E-state index contributed by atoms with van der Waals surface area (Å²) in [6.45, 7) is 5.67. The molecule has 1 amide bonds. The number of amides is 1. The highest BCUT2D eigenvalue weighted by molar-refractivity contribution is 7.89. The van der Waals surface area contributed by atoms with E-state index in [0.717, 1.165) is 18.4 Å². The zero-order valence-electron chi connectivity index (χ0n) is 14.4. The van der Waals surface area contributed by atoms with Gasteiger partial charge in [-0.3, -0.25) is 4.79 Å². The number of nitrogens with two attached hydrogens (primary N) is 1. The summed E-state index contributed by atoms with van der Waals surface area (Å²) < 4.78 is 26.9. The summed E-state index contributed by atoms with van der Waals surface area (Å²) in [6.07, 6.45) is 1.98. The Morgan fingerprint density at radius 2 is 1.75 bits per heavy atom. The van der Waals surface area contributed by atoms with Crippen LogP contribution < -0.4 is 5.73 Å². The fourth-order valence-electron chi connectivity index (χ4n) is 2.83. The number of sulfonamides is 1. The number of aryl methyl sites for hydroxylation is 1. The molecule has 1 saturated heterocycles. The van der Waals surface area contributed by atoms with Crippen molar-refractivity contribution >= 4 is 15.9 Å². The van der Waals surface area contributed by atoms with Crippen molar-refractivity contribution < 1.29 is 13.2 Å². The molecule has 1 aliphatic heterocycles. The maximum absolute atomic E-state index is 12.7. The molecule has 0 bridgehead atoms. The zero-order valence-corrected chi connectivity index (χ0v) is 15.3. The minimum Gasteiger partial charge on any atom is -0.340 e. The zero-order chi connectivity index (χ0) is 17.7. The normalized spacial score (nSPS) is 17.7. The van der Waals surface area contributed by atoms with Gasteiger partial charge in [-0.25, -0.2) is 8.42 Å². The molecule has 1 aliphatic rings. The highest BCUT2D eigenvalue weighted by Gasteiger charge is 2.31. The molecule has 7 heteroatoms. The van der Waals surface area contributed by atoms with Crippen LogP contribution in [0.3, 0.4) is 0 Å². The molecule has 0 aromatic heterocycles.